The van der Waals surface area contributed by atoms with Crippen molar-refractivity contribution in [2.75, 3.05) is 0 Å². The van der Waals surface area contributed by atoms with Gasteiger partial charge in [0.1, 0.15) is 12.2 Å². The van der Waals surface area contributed by atoms with Crippen LogP contribution in [0.25, 0.3) is 0 Å². The van der Waals surface area contributed by atoms with E-state index in [1.54, 1.807) is 0 Å². The number of rotatable bonds is 1. The van der Waals surface area contributed by atoms with Crippen molar-refractivity contribution in [1.29, 1.82) is 0 Å². The van der Waals surface area contributed by atoms with Crippen LogP contribution in [0, 0.1) is 11.3 Å². The van der Waals surface area contributed by atoms with Gasteiger partial charge in [-0.15, -0.1) is 0 Å². The Morgan fingerprint density at radius 2 is 2.19 bits per heavy atom. The molecular weight excluding hydrogens is 268 g/mol. The lowest BCUT2D eigenvalue weighted by atomic mass is 9.59. The fraction of sp³-hybridized carbons (Fsp3) is 0.647. The van der Waals surface area contributed by atoms with Crippen LogP contribution in [-0.4, -0.2) is 24.1 Å². The summed E-state index contributed by atoms with van der Waals surface area (Å²) in [5.74, 6) is -0.355. The number of hydrogen-bond acceptors (Lipinski definition) is 4. The number of carbonyl (C=O) groups is 2. The highest BCUT2D eigenvalue weighted by atomic mass is 16.6. The fourth-order valence-corrected chi connectivity index (χ4v) is 4.46. The third-order valence-electron chi connectivity index (χ3n) is 5.26. The second-order valence-electron chi connectivity index (χ2n) is 6.89. The zero-order chi connectivity index (χ0) is 15.4. The minimum atomic E-state index is -0.253. The summed E-state index contributed by atoms with van der Waals surface area (Å²) in [7, 11) is 0. The lowest BCUT2D eigenvalue weighted by Gasteiger charge is -2.47. The monoisotopic (exact) mass is 290 g/mol. The van der Waals surface area contributed by atoms with Gasteiger partial charge in [-0.25, -0.2) is 4.79 Å². The molecule has 0 aromatic heterocycles. The highest BCUT2D eigenvalue weighted by molar-refractivity contribution is 5.91. The van der Waals surface area contributed by atoms with Crippen molar-refractivity contribution in [1.82, 2.24) is 0 Å². The van der Waals surface area contributed by atoms with E-state index in [9.17, 15) is 9.59 Å². The van der Waals surface area contributed by atoms with Crippen molar-refractivity contribution in [3.8, 4) is 0 Å². The van der Waals surface area contributed by atoms with Crippen molar-refractivity contribution in [3.05, 3.63) is 23.3 Å². The largest absolute Gasteiger partial charge is 0.462 e. The van der Waals surface area contributed by atoms with Crippen LogP contribution in [0.2, 0.25) is 0 Å². The molecule has 0 spiro atoms. The highest BCUT2D eigenvalue weighted by Gasteiger charge is 2.53. The standard InChI is InChI=1S/C17H22O4/c1-9-7-12(20-11(3)18)8-17(4)6-5-13-10(2)16(19)21-15(13)14(9)17/h12-13,15H,2,5-8H2,1,3-4H3/t12-,13-,15+,17-/m0/s1. The molecule has 1 heterocycles. The van der Waals surface area contributed by atoms with E-state index in [2.05, 4.69) is 20.4 Å². The third kappa shape index (κ3) is 2.21. The van der Waals surface area contributed by atoms with Crippen LogP contribution in [0.1, 0.15) is 46.5 Å². The van der Waals surface area contributed by atoms with Crippen LogP contribution in [0.5, 0.6) is 0 Å². The molecule has 1 aliphatic heterocycles. The Morgan fingerprint density at radius 3 is 2.86 bits per heavy atom. The van der Waals surface area contributed by atoms with E-state index in [4.69, 9.17) is 9.47 Å². The topological polar surface area (TPSA) is 52.6 Å². The lowest BCUT2D eigenvalue weighted by molar-refractivity contribution is -0.148. The molecule has 3 aliphatic rings. The van der Waals surface area contributed by atoms with E-state index in [0.717, 1.165) is 25.7 Å². The minimum Gasteiger partial charge on any atom is -0.462 e. The van der Waals surface area contributed by atoms with Crippen LogP contribution in [-0.2, 0) is 19.1 Å². The van der Waals surface area contributed by atoms with Gasteiger partial charge in [-0.3, -0.25) is 4.79 Å². The molecule has 4 nitrogen and oxygen atoms in total. The van der Waals surface area contributed by atoms with Gasteiger partial charge in [0.2, 0.25) is 0 Å². The molecule has 2 aliphatic carbocycles. The molecule has 3 rings (SSSR count). The molecule has 1 saturated carbocycles. The van der Waals surface area contributed by atoms with E-state index >= 15 is 0 Å². The van der Waals surface area contributed by atoms with Gasteiger partial charge >= 0.3 is 11.9 Å². The van der Waals surface area contributed by atoms with Gasteiger partial charge in [0, 0.05) is 24.8 Å². The van der Waals surface area contributed by atoms with Crippen molar-refractivity contribution < 1.29 is 19.1 Å². The van der Waals surface area contributed by atoms with Gasteiger partial charge in [-0.1, -0.05) is 19.1 Å². The molecular formula is C17H22O4. The van der Waals surface area contributed by atoms with Gasteiger partial charge in [-0.05, 0) is 37.2 Å². The summed E-state index contributed by atoms with van der Waals surface area (Å²) >= 11 is 0. The smallest absolute Gasteiger partial charge is 0.334 e. The fourth-order valence-electron chi connectivity index (χ4n) is 4.46. The number of hydrogen-bond donors (Lipinski definition) is 0. The predicted octanol–water partition coefficient (Wildman–Crippen LogP) is 2.93. The zero-order valence-corrected chi connectivity index (χ0v) is 12.9. The number of ether oxygens (including phenoxy) is 2. The average molecular weight is 290 g/mol. The first-order valence-corrected chi connectivity index (χ1v) is 7.59. The molecule has 0 aromatic rings. The predicted molar refractivity (Wildman–Crippen MR) is 77.3 cm³/mol. The first-order chi connectivity index (χ1) is 9.82. The van der Waals surface area contributed by atoms with Gasteiger partial charge in [-0.2, -0.15) is 0 Å². The number of esters is 2. The van der Waals surface area contributed by atoms with Crippen LogP contribution in [0.15, 0.2) is 23.3 Å². The summed E-state index contributed by atoms with van der Waals surface area (Å²) in [4.78, 5) is 23.1. The summed E-state index contributed by atoms with van der Waals surface area (Å²) in [6.07, 6.45) is 3.23. The molecule has 4 heteroatoms. The summed E-state index contributed by atoms with van der Waals surface area (Å²) in [5.41, 5.74) is 3.01. The van der Waals surface area contributed by atoms with E-state index in [1.165, 1.54) is 18.1 Å². The molecule has 0 aromatic carbocycles. The number of fused-ring (bicyclic) bond motifs is 3. The van der Waals surface area contributed by atoms with E-state index in [1.807, 2.05) is 0 Å². The van der Waals surface area contributed by atoms with Crippen LogP contribution < -0.4 is 0 Å². The molecule has 1 saturated heterocycles. The zero-order valence-electron chi connectivity index (χ0n) is 12.9. The Balaban J connectivity index is 1.95. The molecule has 21 heavy (non-hydrogen) atoms. The molecule has 4 atom stereocenters. The van der Waals surface area contributed by atoms with Crippen molar-refractivity contribution in [2.45, 2.75) is 58.7 Å². The van der Waals surface area contributed by atoms with Crippen LogP contribution in [0.4, 0.5) is 0 Å². The van der Waals surface area contributed by atoms with E-state index < -0.39 is 0 Å². The first-order valence-electron chi connectivity index (χ1n) is 7.59. The molecule has 0 amide bonds. The Hall–Kier alpha value is -1.58. The Bertz CT molecular complexity index is 559. The maximum absolute atomic E-state index is 11.8. The second-order valence-corrected chi connectivity index (χ2v) is 6.89. The molecule has 2 fully saturated rings. The minimum absolute atomic E-state index is 0.0471. The second kappa shape index (κ2) is 4.72. The maximum Gasteiger partial charge on any atom is 0.334 e. The quantitative estimate of drug-likeness (QED) is 0.423. The molecule has 0 bridgehead atoms. The summed E-state index contributed by atoms with van der Waals surface area (Å²) < 4.78 is 11.0. The summed E-state index contributed by atoms with van der Waals surface area (Å²) in [5, 5.41) is 0. The number of carbonyl (C=O) groups excluding carboxylic acids is 2. The van der Waals surface area contributed by atoms with E-state index in [-0.39, 0.29) is 35.5 Å². The average Bonchev–Trinajstić information content (AvgIpc) is 2.62. The molecule has 0 radical (unpaired) electrons. The highest BCUT2D eigenvalue weighted by Crippen LogP contribution is 2.55. The van der Waals surface area contributed by atoms with Gasteiger partial charge in [0.25, 0.3) is 0 Å². The van der Waals surface area contributed by atoms with Crippen LogP contribution in [0.3, 0.4) is 0 Å². The van der Waals surface area contributed by atoms with Gasteiger partial charge in [0.05, 0.1) is 0 Å². The van der Waals surface area contributed by atoms with Crippen molar-refractivity contribution in [2.24, 2.45) is 11.3 Å². The maximum atomic E-state index is 11.8. The first kappa shape index (κ1) is 14.4. The summed E-state index contributed by atoms with van der Waals surface area (Å²) in [6.45, 7) is 9.62. The van der Waals surface area contributed by atoms with Gasteiger partial charge < -0.3 is 9.47 Å². The Kier molecular flexibility index (Phi) is 3.23. The van der Waals surface area contributed by atoms with Crippen molar-refractivity contribution >= 4 is 11.9 Å². The lowest BCUT2D eigenvalue weighted by Crippen LogP contribution is -2.43. The van der Waals surface area contributed by atoms with Crippen molar-refractivity contribution in [3.63, 3.8) is 0 Å². The Morgan fingerprint density at radius 1 is 1.48 bits per heavy atom. The Labute approximate surface area is 125 Å². The van der Waals surface area contributed by atoms with Gasteiger partial charge in [0.15, 0.2) is 0 Å². The molecule has 114 valence electrons. The molecule has 0 unspecified atom stereocenters. The SMILES string of the molecule is C=C1C(=O)O[C@H]2C3=C(C)C[C@H](OC(C)=O)C[C@]3(C)CC[C@@H]12. The third-order valence-corrected chi connectivity index (χ3v) is 5.26. The normalized spacial score (nSPS) is 38.7. The summed E-state index contributed by atoms with van der Waals surface area (Å²) in [6, 6.07) is 0. The van der Waals surface area contributed by atoms with Crippen LogP contribution >= 0.6 is 0 Å². The van der Waals surface area contributed by atoms with E-state index in [0.29, 0.717) is 5.57 Å². The molecule has 0 N–H and O–H groups in total.